The molecule has 1 amide bonds. The van der Waals surface area contributed by atoms with Crippen LogP contribution in [0.3, 0.4) is 0 Å². The molecule has 0 aliphatic heterocycles. The highest BCUT2D eigenvalue weighted by atomic mass is 79.9. The molecule has 1 N–H and O–H groups in total. The number of carbonyl (C=O) groups excluding carboxylic acids is 1. The van der Waals surface area contributed by atoms with Crippen molar-refractivity contribution in [2.24, 2.45) is 0 Å². The van der Waals surface area contributed by atoms with Crippen LogP contribution in [0, 0.1) is 0 Å². The molecule has 3 heterocycles. The van der Waals surface area contributed by atoms with Crippen LogP contribution in [0.4, 0.5) is 0 Å². The highest BCUT2D eigenvalue weighted by Crippen LogP contribution is 2.20. The fourth-order valence-corrected chi connectivity index (χ4v) is 4.03. The van der Waals surface area contributed by atoms with Crippen molar-refractivity contribution in [3.05, 3.63) is 75.5 Å². The lowest BCUT2D eigenvalue weighted by Crippen LogP contribution is -2.34. The molecule has 29 heavy (non-hydrogen) atoms. The molecule has 0 radical (unpaired) electrons. The van der Waals surface area contributed by atoms with Crippen LogP contribution >= 0.6 is 15.9 Å². The fraction of sp³-hybridized carbons (Fsp3) is 0.273. The van der Waals surface area contributed by atoms with Crippen LogP contribution in [0.5, 0.6) is 0 Å². The van der Waals surface area contributed by atoms with Gasteiger partial charge in [-0.2, -0.15) is 0 Å². The van der Waals surface area contributed by atoms with Gasteiger partial charge in [-0.3, -0.25) is 9.59 Å². The lowest BCUT2D eigenvalue weighted by Gasteiger charge is -2.14. The van der Waals surface area contributed by atoms with Gasteiger partial charge in [0.1, 0.15) is 11.3 Å². The molecule has 0 unspecified atom stereocenters. The third kappa shape index (κ3) is 4.15. The van der Waals surface area contributed by atoms with E-state index in [1.165, 1.54) is 0 Å². The Labute approximate surface area is 176 Å². The van der Waals surface area contributed by atoms with E-state index in [2.05, 4.69) is 21.2 Å². The summed E-state index contributed by atoms with van der Waals surface area (Å²) in [5, 5.41) is 2.99. The summed E-state index contributed by atoms with van der Waals surface area (Å²) in [6.45, 7) is 2.43. The standard InChI is InChI=1S/C22H22BrN3O3/c1-15(13-17-5-4-12-29-17)24-21(27)7-3-11-26-20-14-16(23)8-9-18(20)25-10-2-6-19(25)22(26)28/h2,4-6,8-10,12,14-15H,3,7,11,13H2,1H3,(H,24,27)/t15-/m1/s1. The average Bonchev–Trinajstić information content (AvgIpc) is 3.36. The monoisotopic (exact) mass is 455 g/mol. The zero-order valence-corrected chi connectivity index (χ0v) is 17.7. The van der Waals surface area contributed by atoms with Crippen molar-refractivity contribution in [3.8, 4) is 0 Å². The summed E-state index contributed by atoms with van der Waals surface area (Å²) in [7, 11) is 0. The molecule has 7 heteroatoms. The number of aryl methyl sites for hydroxylation is 1. The lowest BCUT2D eigenvalue weighted by molar-refractivity contribution is -0.121. The molecule has 0 saturated heterocycles. The maximum Gasteiger partial charge on any atom is 0.275 e. The van der Waals surface area contributed by atoms with Gasteiger partial charge in [0.05, 0.1) is 17.3 Å². The minimum atomic E-state index is -0.0489. The Morgan fingerprint density at radius 2 is 2.03 bits per heavy atom. The third-order valence-electron chi connectivity index (χ3n) is 4.98. The molecule has 1 atom stereocenters. The van der Waals surface area contributed by atoms with Crippen molar-refractivity contribution in [2.45, 2.75) is 38.8 Å². The van der Waals surface area contributed by atoms with Gasteiger partial charge in [-0.15, -0.1) is 0 Å². The summed E-state index contributed by atoms with van der Waals surface area (Å²) >= 11 is 3.49. The summed E-state index contributed by atoms with van der Waals surface area (Å²) in [6, 6.07) is 13.3. The van der Waals surface area contributed by atoms with E-state index in [9.17, 15) is 9.59 Å². The maximum atomic E-state index is 13.0. The molecule has 0 bridgehead atoms. The topological polar surface area (TPSA) is 68.7 Å². The van der Waals surface area contributed by atoms with Gasteiger partial charge in [0, 0.05) is 36.1 Å². The number of fused-ring (bicyclic) bond motifs is 3. The van der Waals surface area contributed by atoms with E-state index >= 15 is 0 Å². The Balaban J connectivity index is 1.46. The van der Waals surface area contributed by atoms with Gasteiger partial charge < -0.3 is 18.7 Å². The summed E-state index contributed by atoms with van der Waals surface area (Å²) in [5.74, 6) is 0.827. The summed E-state index contributed by atoms with van der Waals surface area (Å²) in [4.78, 5) is 25.3. The van der Waals surface area contributed by atoms with Crippen molar-refractivity contribution >= 4 is 38.4 Å². The van der Waals surface area contributed by atoms with Crippen LogP contribution in [-0.4, -0.2) is 20.9 Å². The van der Waals surface area contributed by atoms with Crippen LogP contribution in [0.2, 0.25) is 0 Å². The van der Waals surface area contributed by atoms with Crippen molar-refractivity contribution in [1.82, 2.24) is 14.3 Å². The van der Waals surface area contributed by atoms with Gasteiger partial charge in [0.2, 0.25) is 5.91 Å². The number of furan rings is 1. The summed E-state index contributed by atoms with van der Waals surface area (Å²) in [6.07, 6.45) is 5.12. The summed E-state index contributed by atoms with van der Waals surface area (Å²) in [5.41, 5.74) is 2.40. The number of halogens is 1. The van der Waals surface area contributed by atoms with E-state index in [-0.39, 0.29) is 17.5 Å². The van der Waals surface area contributed by atoms with E-state index in [4.69, 9.17) is 4.42 Å². The molecule has 4 rings (SSSR count). The number of nitrogens with one attached hydrogen (secondary N) is 1. The molecule has 0 saturated carbocycles. The predicted molar refractivity (Wildman–Crippen MR) is 116 cm³/mol. The van der Waals surface area contributed by atoms with E-state index in [0.29, 0.717) is 31.3 Å². The fourth-order valence-electron chi connectivity index (χ4n) is 3.68. The molecule has 0 aliphatic carbocycles. The second-order valence-corrected chi connectivity index (χ2v) is 8.12. The summed E-state index contributed by atoms with van der Waals surface area (Å²) < 4.78 is 9.90. The number of hydrogen-bond acceptors (Lipinski definition) is 3. The molecule has 6 nitrogen and oxygen atoms in total. The number of aromatic nitrogens is 2. The van der Waals surface area contributed by atoms with E-state index < -0.39 is 0 Å². The normalized spacial score (nSPS) is 12.5. The molecular formula is C22H22BrN3O3. The van der Waals surface area contributed by atoms with Gasteiger partial charge in [-0.1, -0.05) is 15.9 Å². The number of rotatable bonds is 7. The van der Waals surface area contributed by atoms with Crippen molar-refractivity contribution < 1.29 is 9.21 Å². The number of amides is 1. The Hall–Kier alpha value is -2.80. The quantitative estimate of drug-likeness (QED) is 0.455. The van der Waals surface area contributed by atoms with E-state index in [1.807, 2.05) is 60.0 Å². The van der Waals surface area contributed by atoms with E-state index in [0.717, 1.165) is 21.3 Å². The maximum absolute atomic E-state index is 13.0. The Bertz CT molecular complexity index is 1210. The molecule has 150 valence electrons. The largest absolute Gasteiger partial charge is 0.469 e. The van der Waals surface area contributed by atoms with Gasteiger partial charge in [-0.25, -0.2) is 0 Å². The first-order valence-electron chi connectivity index (χ1n) is 9.64. The first-order valence-corrected chi connectivity index (χ1v) is 10.4. The van der Waals surface area contributed by atoms with Gasteiger partial charge >= 0.3 is 0 Å². The van der Waals surface area contributed by atoms with Crippen LogP contribution in [0.15, 0.2) is 68.6 Å². The number of hydrogen-bond donors (Lipinski definition) is 1. The number of benzene rings is 1. The first kappa shape index (κ1) is 19.5. The Morgan fingerprint density at radius 1 is 1.17 bits per heavy atom. The smallest absolute Gasteiger partial charge is 0.275 e. The number of carbonyl (C=O) groups is 1. The van der Waals surface area contributed by atoms with Crippen LogP contribution in [-0.2, 0) is 17.8 Å². The highest BCUT2D eigenvalue weighted by molar-refractivity contribution is 9.10. The van der Waals surface area contributed by atoms with Gasteiger partial charge in [-0.05, 0) is 55.8 Å². The first-order chi connectivity index (χ1) is 14.0. The zero-order valence-electron chi connectivity index (χ0n) is 16.1. The predicted octanol–water partition coefficient (Wildman–Crippen LogP) is 4.14. The third-order valence-corrected chi connectivity index (χ3v) is 5.47. The molecular weight excluding hydrogens is 434 g/mol. The van der Waals surface area contributed by atoms with Crippen LogP contribution in [0.25, 0.3) is 16.6 Å². The minimum absolute atomic E-state index is 0.00905. The van der Waals surface area contributed by atoms with Gasteiger partial charge in [0.25, 0.3) is 5.56 Å². The SMILES string of the molecule is C[C@H](Cc1ccco1)NC(=O)CCCn1c(=O)c2cccn2c2ccc(Br)cc21. The Kier molecular flexibility index (Phi) is 5.58. The highest BCUT2D eigenvalue weighted by Gasteiger charge is 2.13. The van der Waals surface area contributed by atoms with Crippen LogP contribution in [0.1, 0.15) is 25.5 Å². The average molecular weight is 456 g/mol. The number of nitrogens with zero attached hydrogens (tertiary/aromatic N) is 2. The lowest BCUT2D eigenvalue weighted by atomic mass is 10.2. The van der Waals surface area contributed by atoms with Crippen molar-refractivity contribution in [2.75, 3.05) is 0 Å². The minimum Gasteiger partial charge on any atom is -0.469 e. The second kappa shape index (κ2) is 8.29. The molecule has 0 aliphatic rings. The zero-order chi connectivity index (χ0) is 20.4. The van der Waals surface area contributed by atoms with E-state index in [1.54, 1.807) is 10.8 Å². The second-order valence-electron chi connectivity index (χ2n) is 7.21. The van der Waals surface area contributed by atoms with Gasteiger partial charge in [0.15, 0.2) is 0 Å². The Morgan fingerprint density at radius 3 is 2.83 bits per heavy atom. The van der Waals surface area contributed by atoms with Crippen molar-refractivity contribution in [1.29, 1.82) is 0 Å². The molecule has 0 fully saturated rings. The molecule has 3 aromatic heterocycles. The molecule has 4 aromatic rings. The molecule has 1 aromatic carbocycles. The van der Waals surface area contributed by atoms with Crippen LogP contribution < -0.4 is 10.9 Å². The molecule has 0 spiro atoms. The van der Waals surface area contributed by atoms with Crippen molar-refractivity contribution in [3.63, 3.8) is 0 Å².